The molecule has 1 aromatic carbocycles. The van der Waals surface area contributed by atoms with E-state index < -0.39 is 0 Å². The smallest absolute Gasteiger partial charge is 0.0785 e. The van der Waals surface area contributed by atoms with Gasteiger partial charge in [-0.05, 0) is 24.7 Å². The molecule has 0 aliphatic carbocycles. The van der Waals surface area contributed by atoms with Crippen molar-refractivity contribution in [1.82, 2.24) is 10.3 Å². The molecule has 6 heteroatoms. The maximum absolute atomic E-state index is 6.22. The van der Waals surface area contributed by atoms with Gasteiger partial charge >= 0.3 is 0 Å². The first-order chi connectivity index (χ1) is 9.04. The highest BCUT2D eigenvalue weighted by Crippen LogP contribution is 2.42. The van der Waals surface area contributed by atoms with E-state index in [0.717, 1.165) is 11.1 Å². The van der Waals surface area contributed by atoms with Gasteiger partial charge in [0.15, 0.2) is 0 Å². The molecule has 0 bridgehead atoms. The molecule has 2 aromatic rings. The normalized spacial score (nSPS) is 10.8. The molecular formula is C13H10Cl4N2. The van der Waals surface area contributed by atoms with E-state index >= 15 is 0 Å². The van der Waals surface area contributed by atoms with Gasteiger partial charge in [0.05, 0.1) is 20.1 Å². The van der Waals surface area contributed by atoms with Crippen LogP contribution in [0.2, 0.25) is 20.1 Å². The monoisotopic (exact) mass is 334 g/mol. The Kier molecular flexibility index (Phi) is 4.93. The van der Waals surface area contributed by atoms with Gasteiger partial charge in [0, 0.05) is 30.1 Å². The second-order valence-electron chi connectivity index (χ2n) is 3.96. The standard InChI is InChI=1S/C13H10Cl4N2/c1-18-4-7-2-8(6-19-5-7)11-9(14)3-10(15)12(16)13(11)17/h2-3,5-6,18H,4H2,1H3. The zero-order valence-corrected chi connectivity index (χ0v) is 13.0. The topological polar surface area (TPSA) is 24.9 Å². The number of pyridine rings is 1. The summed E-state index contributed by atoms with van der Waals surface area (Å²) in [5.74, 6) is 0. The predicted molar refractivity (Wildman–Crippen MR) is 82.5 cm³/mol. The minimum Gasteiger partial charge on any atom is -0.316 e. The number of nitrogens with zero attached hydrogens (tertiary/aromatic N) is 1. The van der Waals surface area contributed by atoms with Crippen molar-refractivity contribution in [2.75, 3.05) is 7.05 Å². The molecule has 0 saturated carbocycles. The summed E-state index contributed by atoms with van der Waals surface area (Å²) in [6.07, 6.45) is 3.47. The minimum atomic E-state index is 0.293. The van der Waals surface area contributed by atoms with E-state index in [-0.39, 0.29) is 0 Å². The molecule has 2 rings (SSSR count). The lowest BCUT2D eigenvalue weighted by Crippen LogP contribution is -2.05. The SMILES string of the molecule is CNCc1cncc(-c2c(Cl)cc(Cl)c(Cl)c2Cl)c1. The quantitative estimate of drug-likeness (QED) is 0.624. The fraction of sp³-hybridized carbons (Fsp3) is 0.154. The lowest BCUT2D eigenvalue weighted by atomic mass is 10.1. The van der Waals surface area contributed by atoms with Gasteiger partial charge in [0.2, 0.25) is 0 Å². The lowest BCUT2D eigenvalue weighted by molar-refractivity contribution is 0.813. The van der Waals surface area contributed by atoms with Crippen LogP contribution in [0.3, 0.4) is 0 Å². The molecule has 2 nitrogen and oxygen atoms in total. The first-order valence-corrected chi connectivity index (χ1v) is 6.97. The number of hydrogen-bond donors (Lipinski definition) is 1. The van der Waals surface area contributed by atoms with E-state index in [4.69, 9.17) is 46.4 Å². The maximum atomic E-state index is 6.22. The average molecular weight is 336 g/mol. The van der Waals surface area contributed by atoms with Crippen LogP contribution < -0.4 is 5.32 Å². The maximum Gasteiger partial charge on any atom is 0.0785 e. The molecule has 0 aliphatic heterocycles. The van der Waals surface area contributed by atoms with Crippen LogP contribution in [0.1, 0.15) is 5.56 Å². The van der Waals surface area contributed by atoms with Crippen LogP contribution >= 0.6 is 46.4 Å². The van der Waals surface area contributed by atoms with Crippen LogP contribution in [-0.2, 0) is 6.54 Å². The van der Waals surface area contributed by atoms with Crippen LogP contribution in [-0.4, -0.2) is 12.0 Å². The largest absolute Gasteiger partial charge is 0.316 e. The van der Waals surface area contributed by atoms with Crippen molar-refractivity contribution in [1.29, 1.82) is 0 Å². The van der Waals surface area contributed by atoms with E-state index in [2.05, 4.69) is 10.3 Å². The van der Waals surface area contributed by atoms with E-state index in [9.17, 15) is 0 Å². The molecule has 0 amide bonds. The van der Waals surface area contributed by atoms with Crippen molar-refractivity contribution >= 4 is 46.4 Å². The second-order valence-corrected chi connectivity index (χ2v) is 5.53. The summed E-state index contributed by atoms with van der Waals surface area (Å²) in [7, 11) is 1.87. The van der Waals surface area contributed by atoms with Gasteiger partial charge in [-0.25, -0.2) is 0 Å². The van der Waals surface area contributed by atoms with Crippen LogP contribution in [0.5, 0.6) is 0 Å². The van der Waals surface area contributed by atoms with Crippen molar-refractivity contribution < 1.29 is 0 Å². The van der Waals surface area contributed by atoms with E-state index in [1.807, 2.05) is 13.1 Å². The van der Waals surface area contributed by atoms with Crippen LogP contribution in [0.25, 0.3) is 11.1 Å². The van der Waals surface area contributed by atoms with Crippen molar-refractivity contribution in [3.63, 3.8) is 0 Å². The Balaban J connectivity index is 2.59. The molecule has 0 fully saturated rings. The Morgan fingerprint density at radius 2 is 1.74 bits per heavy atom. The summed E-state index contributed by atoms with van der Waals surface area (Å²) >= 11 is 24.4. The summed E-state index contributed by atoms with van der Waals surface area (Å²) in [4.78, 5) is 4.18. The number of rotatable bonds is 3. The van der Waals surface area contributed by atoms with Crippen molar-refractivity contribution in [2.45, 2.75) is 6.54 Å². The first-order valence-electron chi connectivity index (χ1n) is 5.46. The molecule has 100 valence electrons. The predicted octanol–water partition coefficient (Wildman–Crippen LogP) is 5.08. The van der Waals surface area contributed by atoms with Crippen molar-refractivity contribution in [2.24, 2.45) is 0 Å². The fourth-order valence-electron chi connectivity index (χ4n) is 1.76. The Morgan fingerprint density at radius 1 is 1.00 bits per heavy atom. The van der Waals surface area contributed by atoms with E-state index in [0.29, 0.717) is 32.2 Å². The van der Waals surface area contributed by atoms with E-state index in [1.54, 1.807) is 18.5 Å². The van der Waals surface area contributed by atoms with Crippen molar-refractivity contribution in [3.8, 4) is 11.1 Å². The summed E-state index contributed by atoms with van der Waals surface area (Å²) in [5.41, 5.74) is 2.47. The molecule has 1 aromatic heterocycles. The molecule has 0 unspecified atom stereocenters. The third kappa shape index (κ3) is 3.15. The first kappa shape index (κ1) is 14.9. The van der Waals surface area contributed by atoms with Gasteiger partial charge in [-0.3, -0.25) is 4.98 Å². The molecule has 0 aliphatic rings. The van der Waals surface area contributed by atoms with Crippen LogP contribution in [0, 0.1) is 0 Å². The summed E-state index contributed by atoms with van der Waals surface area (Å²) in [5, 5.41) is 4.47. The van der Waals surface area contributed by atoms with Crippen molar-refractivity contribution in [3.05, 3.63) is 50.2 Å². The average Bonchev–Trinajstić information content (AvgIpc) is 2.37. The second kappa shape index (κ2) is 6.29. The molecule has 0 spiro atoms. The van der Waals surface area contributed by atoms with Gasteiger partial charge in [0.1, 0.15) is 0 Å². The highest BCUT2D eigenvalue weighted by molar-refractivity contribution is 6.51. The van der Waals surface area contributed by atoms with Gasteiger partial charge in [-0.1, -0.05) is 46.4 Å². The van der Waals surface area contributed by atoms with E-state index in [1.165, 1.54) is 0 Å². The minimum absolute atomic E-state index is 0.293. The molecule has 1 heterocycles. The van der Waals surface area contributed by atoms with Crippen LogP contribution in [0.15, 0.2) is 24.5 Å². The summed E-state index contributed by atoms with van der Waals surface area (Å²) in [6.45, 7) is 0.706. The van der Waals surface area contributed by atoms with Gasteiger partial charge in [-0.2, -0.15) is 0 Å². The number of benzene rings is 1. The molecule has 0 saturated heterocycles. The third-order valence-electron chi connectivity index (χ3n) is 2.58. The zero-order chi connectivity index (χ0) is 14.0. The fourth-order valence-corrected chi connectivity index (χ4v) is 2.89. The number of hydrogen-bond acceptors (Lipinski definition) is 2. The highest BCUT2D eigenvalue weighted by atomic mass is 35.5. The molecule has 19 heavy (non-hydrogen) atoms. The zero-order valence-electron chi connectivity index (χ0n) is 9.98. The number of nitrogens with one attached hydrogen (secondary N) is 1. The number of halogens is 4. The Bertz CT molecular complexity index is 614. The van der Waals surface area contributed by atoms with Gasteiger partial charge in [0.25, 0.3) is 0 Å². The Hall–Kier alpha value is -0.510. The molecule has 1 N–H and O–H groups in total. The third-order valence-corrected chi connectivity index (χ3v) is 4.14. The lowest BCUT2D eigenvalue weighted by Gasteiger charge is -2.11. The summed E-state index contributed by atoms with van der Waals surface area (Å²) in [6, 6.07) is 3.54. The molecular weight excluding hydrogens is 326 g/mol. The van der Waals surface area contributed by atoms with Crippen LogP contribution in [0.4, 0.5) is 0 Å². The highest BCUT2D eigenvalue weighted by Gasteiger charge is 2.15. The Labute approximate surface area is 131 Å². The van der Waals surface area contributed by atoms with Gasteiger partial charge < -0.3 is 5.32 Å². The number of aromatic nitrogens is 1. The summed E-state index contributed by atoms with van der Waals surface area (Å²) < 4.78 is 0. The Morgan fingerprint density at radius 3 is 2.42 bits per heavy atom. The van der Waals surface area contributed by atoms with Gasteiger partial charge in [-0.15, -0.1) is 0 Å². The molecule has 0 radical (unpaired) electrons. The molecule has 0 atom stereocenters.